The lowest BCUT2D eigenvalue weighted by Gasteiger charge is -2.45. The van der Waals surface area contributed by atoms with Gasteiger partial charge in [-0.2, -0.15) is 0 Å². The van der Waals surface area contributed by atoms with Crippen LogP contribution >= 0.6 is 0 Å². The molecule has 0 aliphatic carbocycles. The lowest BCUT2D eigenvalue weighted by Crippen LogP contribution is -2.54. The lowest BCUT2D eigenvalue weighted by molar-refractivity contribution is -0.133. The monoisotopic (exact) mass is 296 g/mol. The van der Waals surface area contributed by atoms with E-state index in [-0.39, 0.29) is 5.54 Å². The molecule has 3 aliphatic heterocycles. The van der Waals surface area contributed by atoms with Crippen molar-refractivity contribution in [1.82, 2.24) is 9.80 Å². The van der Waals surface area contributed by atoms with Gasteiger partial charge in [0.05, 0.1) is 13.2 Å². The van der Waals surface area contributed by atoms with Gasteiger partial charge in [0.25, 0.3) is 0 Å². The Labute approximate surface area is 127 Å². The fourth-order valence-electron chi connectivity index (χ4n) is 4.18. The molecule has 1 spiro atoms. The Hall–Kier alpha value is -0.650. The highest BCUT2D eigenvalue weighted by atomic mass is 16.5. The van der Waals surface area contributed by atoms with Crippen LogP contribution in [0.4, 0.5) is 0 Å². The Morgan fingerprint density at radius 3 is 2.81 bits per heavy atom. The molecule has 120 valence electrons. The Balaban J connectivity index is 1.54. The Morgan fingerprint density at radius 1 is 1.33 bits per heavy atom. The van der Waals surface area contributed by atoms with Crippen molar-refractivity contribution in [2.24, 2.45) is 5.92 Å². The van der Waals surface area contributed by atoms with Crippen molar-refractivity contribution >= 4 is 5.91 Å². The van der Waals surface area contributed by atoms with E-state index in [1.54, 1.807) is 7.11 Å². The maximum Gasteiger partial charge on any atom is 0.223 e. The summed E-state index contributed by atoms with van der Waals surface area (Å²) in [5, 5.41) is 0. The number of ether oxygens (including phenoxy) is 2. The molecule has 0 aromatic rings. The van der Waals surface area contributed by atoms with Gasteiger partial charge in [-0.25, -0.2) is 0 Å². The zero-order chi connectivity index (χ0) is 14.7. The van der Waals surface area contributed by atoms with E-state index in [0.29, 0.717) is 18.4 Å². The van der Waals surface area contributed by atoms with Gasteiger partial charge in [0, 0.05) is 51.9 Å². The lowest BCUT2D eigenvalue weighted by atomic mass is 9.84. The van der Waals surface area contributed by atoms with E-state index in [2.05, 4.69) is 9.80 Å². The number of carbonyl (C=O) groups excluding carboxylic acids is 1. The summed E-state index contributed by atoms with van der Waals surface area (Å²) < 4.78 is 10.7. The third kappa shape index (κ3) is 3.25. The summed E-state index contributed by atoms with van der Waals surface area (Å²) in [5.41, 5.74) is 0.123. The molecule has 0 bridgehead atoms. The molecular formula is C16H28N2O3. The van der Waals surface area contributed by atoms with E-state index in [4.69, 9.17) is 9.47 Å². The van der Waals surface area contributed by atoms with Crippen molar-refractivity contribution in [1.29, 1.82) is 0 Å². The van der Waals surface area contributed by atoms with Crippen LogP contribution in [0.15, 0.2) is 0 Å². The summed E-state index contributed by atoms with van der Waals surface area (Å²) in [6.07, 6.45) is 5.21. The molecule has 21 heavy (non-hydrogen) atoms. The van der Waals surface area contributed by atoms with Crippen molar-refractivity contribution in [2.75, 3.05) is 53.1 Å². The maximum atomic E-state index is 12.2. The number of hydrogen-bond acceptors (Lipinski definition) is 4. The molecule has 0 aromatic heterocycles. The second kappa shape index (κ2) is 6.63. The van der Waals surface area contributed by atoms with Gasteiger partial charge >= 0.3 is 0 Å². The van der Waals surface area contributed by atoms with Crippen molar-refractivity contribution in [3.8, 4) is 0 Å². The van der Waals surface area contributed by atoms with E-state index in [0.717, 1.165) is 58.5 Å². The molecule has 5 nitrogen and oxygen atoms in total. The molecule has 0 aromatic carbocycles. The standard InChI is InChI=1S/C16H28N2O3/c1-20-11-9-18-15(19)2-4-16(18)5-7-17(8-6-16)12-14-3-10-21-13-14/h14H,2-13H2,1H3/t14-/m1/s1. The SMILES string of the molecule is COCCN1C(=O)CCC12CCN(C[C@H]1CCOC1)CC2. The molecule has 0 radical (unpaired) electrons. The van der Waals surface area contributed by atoms with E-state index in [9.17, 15) is 4.79 Å². The Bertz CT molecular complexity index is 361. The Kier molecular flexibility index (Phi) is 4.82. The second-order valence-corrected chi connectivity index (χ2v) is 6.79. The molecule has 3 rings (SSSR count). The zero-order valence-electron chi connectivity index (χ0n) is 13.2. The maximum absolute atomic E-state index is 12.2. The normalized spacial score (nSPS) is 29.7. The van der Waals surface area contributed by atoms with Crippen LogP contribution < -0.4 is 0 Å². The molecule has 1 amide bonds. The van der Waals surface area contributed by atoms with Crippen molar-refractivity contribution in [3.05, 3.63) is 0 Å². The Morgan fingerprint density at radius 2 is 2.14 bits per heavy atom. The molecule has 0 N–H and O–H groups in total. The molecule has 3 aliphatic rings. The summed E-state index contributed by atoms with van der Waals surface area (Å²) in [4.78, 5) is 16.8. The number of carbonyl (C=O) groups is 1. The number of methoxy groups -OCH3 is 1. The third-order valence-electron chi connectivity index (χ3n) is 5.52. The number of hydrogen-bond donors (Lipinski definition) is 0. The predicted molar refractivity (Wildman–Crippen MR) is 80.2 cm³/mol. The molecule has 3 saturated heterocycles. The first kappa shape index (κ1) is 15.3. The van der Waals surface area contributed by atoms with Crippen molar-refractivity contribution < 1.29 is 14.3 Å². The van der Waals surface area contributed by atoms with Crippen LogP contribution in [0.3, 0.4) is 0 Å². The van der Waals surface area contributed by atoms with Gasteiger partial charge in [0.15, 0.2) is 0 Å². The summed E-state index contributed by atoms with van der Waals surface area (Å²) in [5.74, 6) is 1.04. The molecule has 3 fully saturated rings. The highest BCUT2D eigenvalue weighted by Crippen LogP contribution is 2.39. The number of piperidine rings is 1. The minimum atomic E-state index is 0.123. The van der Waals surface area contributed by atoms with Crippen LogP contribution in [0.25, 0.3) is 0 Å². The van der Waals surface area contributed by atoms with Crippen molar-refractivity contribution in [2.45, 2.75) is 37.6 Å². The highest BCUT2D eigenvalue weighted by molar-refractivity contribution is 5.79. The predicted octanol–water partition coefficient (Wildman–Crippen LogP) is 1.13. The fraction of sp³-hybridized carbons (Fsp3) is 0.938. The summed E-state index contributed by atoms with van der Waals surface area (Å²) >= 11 is 0. The number of amides is 1. The average Bonchev–Trinajstić information content (AvgIpc) is 3.10. The fourth-order valence-corrected chi connectivity index (χ4v) is 4.18. The van der Waals surface area contributed by atoms with Gasteiger partial charge in [0.1, 0.15) is 0 Å². The minimum Gasteiger partial charge on any atom is -0.383 e. The summed E-state index contributed by atoms with van der Waals surface area (Å²) in [6, 6.07) is 0. The number of rotatable bonds is 5. The van der Waals surface area contributed by atoms with Crippen LogP contribution in [-0.2, 0) is 14.3 Å². The van der Waals surface area contributed by atoms with E-state index in [1.165, 1.54) is 13.0 Å². The van der Waals surface area contributed by atoms with Crippen molar-refractivity contribution in [3.63, 3.8) is 0 Å². The van der Waals surface area contributed by atoms with Gasteiger partial charge in [0.2, 0.25) is 5.91 Å². The van der Waals surface area contributed by atoms with Gasteiger partial charge < -0.3 is 19.3 Å². The molecule has 3 heterocycles. The first-order chi connectivity index (χ1) is 10.2. The molecule has 5 heteroatoms. The van der Waals surface area contributed by atoms with Gasteiger partial charge in [-0.15, -0.1) is 0 Å². The van der Waals surface area contributed by atoms with Crippen LogP contribution in [0, 0.1) is 5.92 Å². The third-order valence-corrected chi connectivity index (χ3v) is 5.52. The topological polar surface area (TPSA) is 42.0 Å². The molecular weight excluding hydrogens is 268 g/mol. The quantitative estimate of drug-likeness (QED) is 0.762. The largest absolute Gasteiger partial charge is 0.383 e. The van der Waals surface area contributed by atoms with Crippen LogP contribution in [0.5, 0.6) is 0 Å². The van der Waals surface area contributed by atoms with Crippen LogP contribution in [0.2, 0.25) is 0 Å². The summed E-state index contributed by atoms with van der Waals surface area (Å²) in [6.45, 7) is 6.67. The van der Waals surface area contributed by atoms with Gasteiger partial charge in [-0.05, 0) is 31.6 Å². The summed E-state index contributed by atoms with van der Waals surface area (Å²) in [7, 11) is 1.71. The number of likely N-dealkylation sites (tertiary alicyclic amines) is 2. The zero-order valence-corrected chi connectivity index (χ0v) is 13.2. The highest BCUT2D eigenvalue weighted by Gasteiger charge is 2.46. The minimum absolute atomic E-state index is 0.123. The number of nitrogens with zero attached hydrogens (tertiary/aromatic N) is 2. The van der Waals surface area contributed by atoms with Crippen LogP contribution in [0.1, 0.15) is 32.1 Å². The van der Waals surface area contributed by atoms with E-state index < -0.39 is 0 Å². The van der Waals surface area contributed by atoms with Crippen LogP contribution in [-0.4, -0.2) is 74.4 Å². The smallest absolute Gasteiger partial charge is 0.223 e. The molecule has 1 atom stereocenters. The van der Waals surface area contributed by atoms with E-state index in [1.807, 2.05) is 0 Å². The van der Waals surface area contributed by atoms with Gasteiger partial charge in [-0.3, -0.25) is 4.79 Å². The second-order valence-electron chi connectivity index (χ2n) is 6.79. The molecule has 0 saturated carbocycles. The molecule has 0 unspecified atom stereocenters. The first-order valence-corrected chi connectivity index (χ1v) is 8.33. The first-order valence-electron chi connectivity index (χ1n) is 8.33. The van der Waals surface area contributed by atoms with Gasteiger partial charge in [-0.1, -0.05) is 0 Å². The van der Waals surface area contributed by atoms with E-state index >= 15 is 0 Å². The average molecular weight is 296 g/mol.